The number of aromatic nitrogens is 1. The molecule has 7 heteroatoms. The Kier molecular flexibility index (Phi) is 8.43. The summed E-state index contributed by atoms with van der Waals surface area (Å²) < 4.78 is 7.62. The highest BCUT2D eigenvalue weighted by Crippen LogP contribution is 2.21. The standard InChI is InChI=1S/C20H29N5O.HI/c1-21-20(24(3)16-18-8-6-10-23(18)2)22-15-17-7-4-5-9-19(17)25-11-13-26-14-12-25;/h4-10H,11-16H2,1-3H3,(H,21,22);1H. The van der Waals surface area contributed by atoms with E-state index in [1.807, 2.05) is 7.05 Å². The first-order chi connectivity index (χ1) is 12.7. The Morgan fingerprint density at radius 2 is 1.93 bits per heavy atom. The summed E-state index contributed by atoms with van der Waals surface area (Å²) >= 11 is 0. The van der Waals surface area contributed by atoms with Crippen molar-refractivity contribution >= 4 is 35.6 Å². The lowest BCUT2D eigenvalue weighted by Gasteiger charge is -2.31. The molecule has 1 N–H and O–H groups in total. The number of halogens is 1. The molecular weight excluding hydrogens is 453 g/mol. The second kappa shape index (κ2) is 10.6. The fraction of sp³-hybridized carbons (Fsp3) is 0.450. The van der Waals surface area contributed by atoms with E-state index in [0.29, 0.717) is 0 Å². The highest BCUT2D eigenvalue weighted by Gasteiger charge is 2.15. The van der Waals surface area contributed by atoms with Gasteiger partial charge in [-0.05, 0) is 23.8 Å². The van der Waals surface area contributed by atoms with E-state index in [2.05, 4.69) is 81.4 Å². The number of hydrogen-bond donors (Lipinski definition) is 1. The summed E-state index contributed by atoms with van der Waals surface area (Å²) in [6.07, 6.45) is 2.07. The van der Waals surface area contributed by atoms with Crippen LogP contribution in [0.5, 0.6) is 0 Å². The molecule has 0 amide bonds. The second-order valence-electron chi connectivity index (χ2n) is 6.60. The van der Waals surface area contributed by atoms with Gasteiger partial charge in [0.15, 0.2) is 5.96 Å². The third-order valence-electron chi connectivity index (χ3n) is 4.80. The van der Waals surface area contributed by atoms with Crippen molar-refractivity contribution in [2.75, 3.05) is 45.3 Å². The van der Waals surface area contributed by atoms with E-state index in [1.54, 1.807) is 0 Å². The van der Waals surface area contributed by atoms with Crippen molar-refractivity contribution in [3.05, 3.63) is 53.9 Å². The van der Waals surface area contributed by atoms with Crippen molar-refractivity contribution in [2.24, 2.45) is 12.0 Å². The number of ether oxygens (including phenoxy) is 1. The maximum Gasteiger partial charge on any atom is 0.194 e. The molecule has 0 atom stereocenters. The minimum Gasteiger partial charge on any atom is -0.378 e. The fourth-order valence-electron chi connectivity index (χ4n) is 3.31. The van der Waals surface area contributed by atoms with Crippen LogP contribution in [0.2, 0.25) is 0 Å². The van der Waals surface area contributed by atoms with Crippen LogP contribution in [0.1, 0.15) is 11.3 Å². The first-order valence-corrected chi connectivity index (χ1v) is 9.11. The molecule has 1 saturated heterocycles. The number of guanidine groups is 1. The van der Waals surface area contributed by atoms with Gasteiger partial charge in [-0.25, -0.2) is 0 Å². The zero-order chi connectivity index (χ0) is 18.4. The zero-order valence-electron chi connectivity index (χ0n) is 16.4. The average molecular weight is 483 g/mol. The van der Waals surface area contributed by atoms with Crippen LogP contribution in [0.15, 0.2) is 47.6 Å². The van der Waals surface area contributed by atoms with Crippen LogP contribution in [0, 0.1) is 0 Å². The third-order valence-corrected chi connectivity index (χ3v) is 4.80. The Labute approximate surface area is 179 Å². The molecule has 0 aliphatic carbocycles. The predicted molar refractivity (Wildman–Crippen MR) is 122 cm³/mol. The second-order valence-corrected chi connectivity index (χ2v) is 6.60. The van der Waals surface area contributed by atoms with E-state index >= 15 is 0 Å². The Bertz CT molecular complexity index is 739. The van der Waals surface area contributed by atoms with E-state index in [-0.39, 0.29) is 24.0 Å². The summed E-state index contributed by atoms with van der Waals surface area (Å²) in [5.41, 5.74) is 3.82. The van der Waals surface area contributed by atoms with Crippen LogP contribution in [0.4, 0.5) is 5.69 Å². The van der Waals surface area contributed by atoms with Crippen LogP contribution in [0.3, 0.4) is 0 Å². The van der Waals surface area contributed by atoms with Crippen molar-refractivity contribution in [1.29, 1.82) is 0 Å². The molecular formula is C20H30IN5O. The number of para-hydroxylation sites is 1. The third kappa shape index (κ3) is 5.62. The smallest absolute Gasteiger partial charge is 0.194 e. The molecule has 2 aromatic rings. The lowest BCUT2D eigenvalue weighted by Crippen LogP contribution is -2.39. The number of nitrogens with one attached hydrogen (secondary N) is 1. The minimum atomic E-state index is 0. The van der Waals surface area contributed by atoms with Crippen molar-refractivity contribution in [2.45, 2.75) is 13.1 Å². The number of anilines is 1. The van der Waals surface area contributed by atoms with Gasteiger partial charge in [0.1, 0.15) is 0 Å². The lowest BCUT2D eigenvalue weighted by atomic mass is 10.1. The maximum absolute atomic E-state index is 5.48. The Hall–Kier alpha value is -1.74. The number of nitrogens with zero attached hydrogens (tertiary/aromatic N) is 4. The first kappa shape index (κ1) is 21.6. The zero-order valence-corrected chi connectivity index (χ0v) is 18.7. The van der Waals surface area contributed by atoms with E-state index < -0.39 is 0 Å². The quantitative estimate of drug-likeness (QED) is 0.404. The van der Waals surface area contributed by atoms with Gasteiger partial charge >= 0.3 is 0 Å². The van der Waals surface area contributed by atoms with Gasteiger partial charge in [-0.2, -0.15) is 0 Å². The first-order valence-electron chi connectivity index (χ1n) is 9.11. The maximum atomic E-state index is 5.48. The lowest BCUT2D eigenvalue weighted by molar-refractivity contribution is 0.122. The number of morpholine rings is 1. The van der Waals surface area contributed by atoms with Crippen molar-refractivity contribution in [3.63, 3.8) is 0 Å². The summed E-state index contributed by atoms with van der Waals surface area (Å²) in [6, 6.07) is 12.8. The molecule has 0 bridgehead atoms. The van der Waals surface area contributed by atoms with Crippen LogP contribution in [-0.4, -0.2) is 55.8 Å². The fourth-order valence-corrected chi connectivity index (χ4v) is 3.31. The largest absolute Gasteiger partial charge is 0.378 e. The number of aliphatic imine (C=N–C) groups is 1. The molecule has 1 aromatic heterocycles. The average Bonchev–Trinajstić information content (AvgIpc) is 3.08. The molecule has 0 spiro atoms. The highest BCUT2D eigenvalue weighted by molar-refractivity contribution is 14.0. The summed E-state index contributed by atoms with van der Waals surface area (Å²) in [5, 5.41) is 3.51. The van der Waals surface area contributed by atoms with Crippen molar-refractivity contribution in [1.82, 2.24) is 14.8 Å². The van der Waals surface area contributed by atoms with Gasteiger partial charge in [-0.15, -0.1) is 24.0 Å². The highest BCUT2D eigenvalue weighted by atomic mass is 127. The number of benzene rings is 1. The Morgan fingerprint density at radius 1 is 1.19 bits per heavy atom. The predicted octanol–water partition coefficient (Wildman–Crippen LogP) is 2.69. The Morgan fingerprint density at radius 3 is 2.59 bits per heavy atom. The summed E-state index contributed by atoms with van der Waals surface area (Å²) in [7, 11) is 5.96. The SMILES string of the molecule is CN=C(NCc1ccccc1N1CCOCC1)N(C)Cc1cccn1C.I. The summed E-state index contributed by atoms with van der Waals surface area (Å²) in [5.74, 6) is 0.892. The van der Waals surface area contributed by atoms with Gasteiger partial charge in [0.25, 0.3) is 0 Å². The number of hydrogen-bond acceptors (Lipinski definition) is 3. The van der Waals surface area contributed by atoms with Crippen molar-refractivity contribution < 1.29 is 4.74 Å². The summed E-state index contributed by atoms with van der Waals surface area (Å²) in [4.78, 5) is 8.99. The van der Waals surface area contributed by atoms with Crippen LogP contribution >= 0.6 is 24.0 Å². The molecule has 1 aromatic carbocycles. The van der Waals surface area contributed by atoms with Gasteiger partial charge in [0.05, 0.1) is 19.8 Å². The van der Waals surface area contributed by atoms with E-state index in [4.69, 9.17) is 4.74 Å². The number of aryl methyl sites for hydroxylation is 1. The normalized spacial score (nSPS) is 14.6. The van der Waals surface area contributed by atoms with Gasteiger partial charge < -0.3 is 24.4 Å². The molecule has 1 aliphatic heterocycles. The van der Waals surface area contributed by atoms with Crippen molar-refractivity contribution in [3.8, 4) is 0 Å². The molecule has 0 unspecified atom stereocenters. The molecule has 2 heterocycles. The monoisotopic (exact) mass is 483 g/mol. The van der Waals surface area contributed by atoms with Gasteiger partial charge in [-0.3, -0.25) is 4.99 Å². The number of rotatable bonds is 5. The molecule has 0 radical (unpaired) electrons. The molecule has 1 aliphatic rings. The van der Waals surface area contributed by atoms with E-state index in [0.717, 1.165) is 45.4 Å². The molecule has 148 valence electrons. The van der Waals surface area contributed by atoms with Crippen LogP contribution in [0.25, 0.3) is 0 Å². The van der Waals surface area contributed by atoms with E-state index in [9.17, 15) is 0 Å². The molecule has 0 saturated carbocycles. The summed E-state index contributed by atoms with van der Waals surface area (Å²) in [6.45, 7) is 5.04. The van der Waals surface area contributed by atoms with Crippen LogP contribution in [-0.2, 0) is 24.9 Å². The van der Waals surface area contributed by atoms with Gasteiger partial charge in [-0.1, -0.05) is 18.2 Å². The van der Waals surface area contributed by atoms with Gasteiger partial charge in [0, 0.05) is 58.4 Å². The Balaban J connectivity index is 0.00000261. The molecule has 6 nitrogen and oxygen atoms in total. The minimum absolute atomic E-state index is 0. The van der Waals surface area contributed by atoms with E-state index in [1.165, 1.54) is 16.9 Å². The molecule has 27 heavy (non-hydrogen) atoms. The van der Waals surface area contributed by atoms with Crippen LogP contribution < -0.4 is 10.2 Å². The topological polar surface area (TPSA) is 45.0 Å². The molecule has 3 rings (SSSR count). The van der Waals surface area contributed by atoms with Gasteiger partial charge in [0.2, 0.25) is 0 Å². The molecule has 1 fully saturated rings.